The van der Waals surface area contributed by atoms with E-state index in [-0.39, 0.29) is 5.82 Å². The number of aromatic nitrogens is 1. The van der Waals surface area contributed by atoms with Crippen LogP contribution >= 0.6 is 0 Å². The minimum absolute atomic E-state index is 0.186. The molecule has 114 valence electrons. The number of pyridine rings is 1. The molecule has 1 aromatic heterocycles. The standard InChI is InChI=1S/C19H21FN2/c1-22-15-7-8-16(22)11-14(10-15)19-9-6-13(12-21-19)17-4-2-3-5-18(17)20/h2-6,9,12,14-16H,7-8,10-11H2,1H3. The molecule has 0 spiro atoms. The Hall–Kier alpha value is -1.74. The number of hydrogen-bond donors (Lipinski definition) is 0. The minimum Gasteiger partial charge on any atom is -0.300 e. The lowest BCUT2D eigenvalue weighted by atomic mass is 9.88. The van der Waals surface area contributed by atoms with Gasteiger partial charge in [-0.25, -0.2) is 4.39 Å². The Morgan fingerprint density at radius 1 is 1.05 bits per heavy atom. The summed E-state index contributed by atoms with van der Waals surface area (Å²) in [6, 6.07) is 12.4. The van der Waals surface area contributed by atoms with Crippen LogP contribution in [-0.4, -0.2) is 29.0 Å². The maximum Gasteiger partial charge on any atom is 0.131 e. The fourth-order valence-corrected chi connectivity index (χ4v) is 4.15. The van der Waals surface area contributed by atoms with Crippen molar-refractivity contribution < 1.29 is 4.39 Å². The van der Waals surface area contributed by atoms with Gasteiger partial charge in [-0.15, -0.1) is 0 Å². The summed E-state index contributed by atoms with van der Waals surface area (Å²) in [5.41, 5.74) is 2.66. The average Bonchev–Trinajstić information content (AvgIpc) is 2.76. The van der Waals surface area contributed by atoms with Crippen LogP contribution in [0.25, 0.3) is 11.1 Å². The Labute approximate surface area is 131 Å². The normalized spacial score (nSPS) is 28.0. The van der Waals surface area contributed by atoms with Gasteiger partial charge in [-0.2, -0.15) is 0 Å². The van der Waals surface area contributed by atoms with Gasteiger partial charge in [0.1, 0.15) is 5.82 Å². The zero-order valence-corrected chi connectivity index (χ0v) is 12.9. The molecule has 2 bridgehead atoms. The SMILES string of the molecule is CN1C2CCC1CC(c1ccc(-c3ccccc3F)cn1)C2. The lowest BCUT2D eigenvalue weighted by Gasteiger charge is -2.36. The number of fused-ring (bicyclic) bond motifs is 2. The summed E-state index contributed by atoms with van der Waals surface area (Å²) in [5.74, 6) is 0.373. The van der Waals surface area contributed by atoms with E-state index in [0.29, 0.717) is 11.5 Å². The van der Waals surface area contributed by atoms with Gasteiger partial charge in [-0.05, 0) is 44.9 Å². The van der Waals surface area contributed by atoms with Crippen molar-refractivity contribution in [3.05, 3.63) is 54.1 Å². The molecule has 0 N–H and O–H groups in total. The Morgan fingerprint density at radius 2 is 1.77 bits per heavy atom. The summed E-state index contributed by atoms with van der Waals surface area (Å²) in [5, 5.41) is 0. The minimum atomic E-state index is -0.186. The summed E-state index contributed by atoms with van der Waals surface area (Å²) in [6.07, 6.45) is 6.89. The molecular weight excluding hydrogens is 275 g/mol. The van der Waals surface area contributed by atoms with E-state index in [4.69, 9.17) is 0 Å². The highest BCUT2D eigenvalue weighted by Crippen LogP contribution is 2.41. The predicted octanol–water partition coefficient (Wildman–Crippen LogP) is 4.23. The molecule has 0 saturated carbocycles. The highest BCUT2D eigenvalue weighted by molar-refractivity contribution is 5.63. The van der Waals surface area contributed by atoms with E-state index in [2.05, 4.69) is 23.0 Å². The number of rotatable bonds is 2. The fraction of sp³-hybridized carbons (Fsp3) is 0.421. The number of halogens is 1. The quantitative estimate of drug-likeness (QED) is 0.824. The Bertz CT molecular complexity index is 653. The maximum absolute atomic E-state index is 13.9. The van der Waals surface area contributed by atoms with Crippen molar-refractivity contribution in [3.63, 3.8) is 0 Å². The van der Waals surface area contributed by atoms with E-state index in [1.165, 1.54) is 37.4 Å². The number of nitrogens with zero attached hydrogens (tertiary/aromatic N) is 2. The molecule has 3 heteroatoms. The lowest BCUT2D eigenvalue weighted by Crippen LogP contribution is -2.39. The van der Waals surface area contributed by atoms with Crippen molar-refractivity contribution in [2.24, 2.45) is 0 Å². The topological polar surface area (TPSA) is 16.1 Å². The van der Waals surface area contributed by atoms with E-state index < -0.39 is 0 Å². The molecule has 2 aliphatic rings. The van der Waals surface area contributed by atoms with Gasteiger partial charge < -0.3 is 4.90 Å². The van der Waals surface area contributed by atoms with Gasteiger partial charge in [-0.1, -0.05) is 24.3 Å². The Morgan fingerprint density at radius 3 is 2.41 bits per heavy atom. The molecule has 2 aliphatic heterocycles. The monoisotopic (exact) mass is 296 g/mol. The van der Waals surface area contributed by atoms with Crippen LogP contribution in [0.3, 0.4) is 0 Å². The highest BCUT2D eigenvalue weighted by Gasteiger charge is 2.39. The highest BCUT2D eigenvalue weighted by atomic mass is 19.1. The van der Waals surface area contributed by atoms with Gasteiger partial charge in [0.15, 0.2) is 0 Å². The van der Waals surface area contributed by atoms with Crippen molar-refractivity contribution >= 4 is 0 Å². The summed E-state index contributed by atoms with van der Waals surface area (Å²) < 4.78 is 13.9. The van der Waals surface area contributed by atoms with Gasteiger partial charge in [0, 0.05) is 41.0 Å². The summed E-state index contributed by atoms with van der Waals surface area (Å²) >= 11 is 0. The van der Waals surface area contributed by atoms with Crippen molar-refractivity contribution in [2.75, 3.05) is 7.05 Å². The Kier molecular flexibility index (Phi) is 3.45. The molecule has 1 aromatic carbocycles. The molecule has 2 unspecified atom stereocenters. The van der Waals surface area contributed by atoms with Crippen molar-refractivity contribution in [1.82, 2.24) is 9.88 Å². The van der Waals surface area contributed by atoms with E-state index in [1.807, 2.05) is 24.4 Å². The third kappa shape index (κ3) is 2.34. The molecule has 2 atom stereocenters. The van der Waals surface area contributed by atoms with Crippen LogP contribution in [0.4, 0.5) is 4.39 Å². The maximum atomic E-state index is 13.9. The van der Waals surface area contributed by atoms with Gasteiger partial charge in [-0.3, -0.25) is 4.98 Å². The largest absolute Gasteiger partial charge is 0.300 e. The smallest absolute Gasteiger partial charge is 0.131 e. The first-order valence-corrected chi connectivity index (χ1v) is 8.15. The fourth-order valence-electron chi connectivity index (χ4n) is 4.15. The van der Waals surface area contributed by atoms with Gasteiger partial charge >= 0.3 is 0 Å². The van der Waals surface area contributed by atoms with Gasteiger partial charge in [0.05, 0.1) is 0 Å². The average molecular weight is 296 g/mol. The molecule has 2 saturated heterocycles. The van der Waals surface area contributed by atoms with Crippen LogP contribution in [0, 0.1) is 5.82 Å². The van der Waals surface area contributed by atoms with Crippen LogP contribution in [-0.2, 0) is 0 Å². The molecular formula is C19H21FN2. The third-order valence-corrected chi connectivity index (χ3v) is 5.49. The molecule has 22 heavy (non-hydrogen) atoms. The van der Waals surface area contributed by atoms with E-state index in [1.54, 1.807) is 6.07 Å². The first-order valence-electron chi connectivity index (χ1n) is 8.15. The van der Waals surface area contributed by atoms with Crippen LogP contribution in [0.5, 0.6) is 0 Å². The molecule has 4 rings (SSSR count). The van der Waals surface area contributed by atoms with Crippen molar-refractivity contribution in [2.45, 2.75) is 43.7 Å². The zero-order chi connectivity index (χ0) is 15.1. The number of benzene rings is 1. The second kappa shape index (κ2) is 5.47. The first-order chi connectivity index (χ1) is 10.7. The lowest BCUT2D eigenvalue weighted by molar-refractivity contribution is 0.160. The van der Waals surface area contributed by atoms with Gasteiger partial charge in [0.25, 0.3) is 0 Å². The van der Waals surface area contributed by atoms with E-state index in [0.717, 1.165) is 17.6 Å². The molecule has 2 fully saturated rings. The molecule has 0 radical (unpaired) electrons. The van der Waals surface area contributed by atoms with Crippen LogP contribution in [0.2, 0.25) is 0 Å². The van der Waals surface area contributed by atoms with Crippen LogP contribution in [0.15, 0.2) is 42.6 Å². The van der Waals surface area contributed by atoms with E-state index >= 15 is 0 Å². The molecule has 0 amide bonds. The second-order valence-corrected chi connectivity index (χ2v) is 6.67. The predicted molar refractivity (Wildman–Crippen MR) is 86.2 cm³/mol. The van der Waals surface area contributed by atoms with Crippen LogP contribution in [0.1, 0.15) is 37.3 Å². The zero-order valence-electron chi connectivity index (χ0n) is 12.9. The summed E-state index contributed by atoms with van der Waals surface area (Å²) in [6.45, 7) is 0. The third-order valence-electron chi connectivity index (χ3n) is 5.49. The van der Waals surface area contributed by atoms with Crippen LogP contribution < -0.4 is 0 Å². The second-order valence-electron chi connectivity index (χ2n) is 6.67. The van der Waals surface area contributed by atoms with E-state index in [9.17, 15) is 4.39 Å². The van der Waals surface area contributed by atoms with Crippen molar-refractivity contribution in [3.8, 4) is 11.1 Å². The first kappa shape index (κ1) is 13.9. The number of piperidine rings is 1. The molecule has 3 heterocycles. The number of hydrogen-bond acceptors (Lipinski definition) is 2. The molecule has 2 nitrogen and oxygen atoms in total. The summed E-state index contributed by atoms with van der Waals surface area (Å²) in [7, 11) is 2.26. The summed E-state index contributed by atoms with van der Waals surface area (Å²) in [4.78, 5) is 7.20. The van der Waals surface area contributed by atoms with Gasteiger partial charge in [0.2, 0.25) is 0 Å². The Balaban J connectivity index is 1.57. The molecule has 2 aromatic rings. The molecule has 0 aliphatic carbocycles. The van der Waals surface area contributed by atoms with Crippen molar-refractivity contribution in [1.29, 1.82) is 0 Å².